The summed E-state index contributed by atoms with van der Waals surface area (Å²) in [5, 5.41) is 5.04. The van der Waals surface area contributed by atoms with Crippen molar-refractivity contribution in [1.82, 2.24) is 19.8 Å². The minimum atomic E-state index is -3.70. The molecular formula is C27H28ClN5O5S2. The van der Waals surface area contributed by atoms with Crippen molar-refractivity contribution < 1.29 is 17.7 Å². The Balaban J connectivity index is 1.44. The van der Waals surface area contributed by atoms with Gasteiger partial charge in [0.25, 0.3) is 5.91 Å². The molecule has 0 bridgehead atoms. The molecule has 4 aromatic rings. The Bertz CT molecular complexity index is 1710. The van der Waals surface area contributed by atoms with Crippen molar-refractivity contribution in [3.05, 3.63) is 74.2 Å². The summed E-state index contributed by atoms with van der Waals surface area (Å²) in [6.07, 6.45) is 2.27. The standard InChI is InChI=1S/C27H28ClN5O5S2/c1-4-40(36,37)32-25(34)23-16(3)39-26(29-23)33(14-17-5-6-17)15(2)18-7-9-19(10-8-18)22-13-20(28)11-12-21(22)24-30-27(35)38-31-24/h7-13,15,17H,4-6,14H2,1-3H3,(H,32,34)(H,30,31,35)/t15-/m1/s1. The first-order valence-electron chi connectivity index (χ1n) is 12.8. The summed E-state index contributed by atoms with van der Waals surface area (Å²) in [7, 11) is -3.70. The van der Waals surface area contributed by atoms with Gasteiger partial charge in [0, 0.05) is 22.0 Å². The second-order valence-corrected chi connectivity index (χ2v) is 13.4. The zero-order valence-electron chi connectivity index (χ0n) is 22.1. The van der Waals surface area contributed by atoms with Crippen LogP contribution in [0.25, 0.3) is 22.5 Å². The molecule has 2 aromatic heterocycles. The van der Waals surface area contributed by atoms with Crippen molar-refractivity contribution >= 4 is 44.0 Å². The number of amides is 1. The predicted octanol–water partition coefficient (Wildman–Crippen LogP) is 5.17. The van der Waals surface area contributed by atoms with Gasteiger partial charge in [0.1, 0.15) is 5.69 Å². The number of sulfonamides is 1. The molecule has 2 N–H and O–H groups in total. The molecule has 1 fully saturated rings. The van der Waals surface area contributed by atoms with Crippen LogP contribution in [0.15, 0.2) is 51.8 Å². The van der Waals surface area contributed by atoms with E-state index in [0.717, 1.165) is 36.1 Å². The Hall–Kier alpha value is -3.48. The van der Waals surface area contributed by atoms with Gasteiger partial charge in [-0.05, 0) is 74.4 Å². The minimum Gasteiger partial charge on any atom is -0.341 e. The van der Waals surface area contributed by atoms with Gasteiger partial charge in [-0.1, -0.05) is 41.0 Å². The quantitative estimate of drug-likeness (QED) is 0.254. The van der Waals surface area contributed by atoms with E-state index in [-0.39, 0.29) is 17.5 Å². The number of halogens is 1. The third-order valence-corrected chi connectivity index (χ3v) is 9.37. The van der Waals surface area contributed by atoms with Crippen LogP contribution in [0.2, 0.25) is 5.02 Å². The van der Waals surface area contributed by atoms with Crippen LogP contribution in [-0.4, -0.2) is 41.7 Å². The number of aryl methyl sites for hydroxylation is 1. The number of nitrogens with zero attached hydrogens (tertiary/aromatic N) is 3. The molecule has 1 aliphatic carbocycles. The number of carbonyl (C=O) groups excluding carboxylic acids is 1. The molecule has 1 aliphatic rings. The lowest BCUT2D eigenvalue weighted by molar-refractivity contribution is 0.0976. The minimum absolute atomic E-state index is 0.0683. The van der Waals surface area contributed by atoms with E-state index in [0.29, 0.717) is 32.3 Å². The van der Waals surface area contributed by atoms with E-state index >= 15 is 0 Å². The van der Waals surface area contributed by atoms with Crippen LogP contribution in [0.5, 0.6) is 0 Å². The highest BCUT2D eigenvalue weighted by Gasteiger charge is 2.30. The van der Waals surface area contributed by atoms with Crippen LogP contribution in [0, 0.1) is 12.8 Å². The van der Waals surface area contributed by atoms with E-state index in [2.05, 4.69) is 31.7 Å². The Morgan fingerprint density at radius 2 is 1.95 bits per heavy atom. The SMILES string of the molecule is CCS(=O)(=O)NC(=O)c1nc(N(CC2CC2)[C@H](C)c2ccc(-c3cc(Cl)ccc3-c3noc(=O)[nH]3)cc2)sc1C. The molecule has 10 nitrogen and oxygen atoms in total. The number of carbonyl (C=O) groups is 1. The molecule has 0 spiro atoms. The molecule has 5 rings (SSSR count). The first-order valence-corrected chi connectivity index (χ1v) is 15.6. The fraction of sp³-hybridized carbons (Fsp3) is 0.333. The summed E-state index contributed by atoms with van der Waals surface area (Å²) in [6, 6.07) is 13.3. The molecular weight excluding hydrogens is 574 g/mol. The topological polar surface area (TPSA) is 138 Å². The van der Waals surface area contributed by atoms with Crippen LogP contribution in [0.3, 0.4) is 0 Å². The molecule has 13 heteroatoms. The normalized spacial score (nSPS) is 14.2. The molecule has 2 aromatic carbocycles. The maximum atomic E-state index is 12.7. The molecule has 0 unspecified atom stereocenters. The van der Waals surface area contributed by atoms with Gasteiger partial charge < -0.3 is 4.90 Å². The third kappa shape index (κ3) is 6.13. The fourth-order valence-corrected chi connectivity index (χ4v) is 6.08. The van der Waals surface area contributed by atoms with Gasteiger partial charge in [-0.3, -0.25) is 14.3 Å². The lowest BCUT2D eigenvalue weighted by atomic mass is 9.96. The highest BCUT2D eigenvalue weighted by molar-refractivity contribution is 7.90. The maximum Gasteiger partial charge on any atom is 0.439 e. The summed E-state index contributed by atoms with van der Waals surface area (Å²) < 4.78 is 30.7. The monoisotopic (exact) mass is 601 g/mol. The molecule has 210 valence electrons. The van der Waals surface area contributed by atoms with Gasteiger partial charge in [0.15, 0.2) is 11.0 Å². The zero-order chi connectivity index (χ0) is 28.6. The van der Waals surface area contributed by atoms with Crippen molar-refractivity contribution in [3.63, 3.8) is 0 Å². The highest BCUT2D eigenvalue weighted by Crippen LogP contribution is 2.39. The number of aromatic amines is 1. The number of aromatic nitrogens is 3. The summed E-state index contributed by atoms with van der Waals surface area (Å²) in [4.78, 5) is 34.2. The second kappa shape index (κ2) is 11.2. The lowest BCUT2D eigenvalue weighted by Crippen LogP contribution is -2.33. The molecule has 40 heavy (non-hydrogen) atoms. The average molecular weight is 602 g/mol. The number of rotatable bonds is 10. The number of hydrogen-bond acceptors (Lipinski definition) is 9. The molecule has 1 atom stereocenters. The Morgan fingerprint density at radius 3 is 2.58 bits per heavy atom. The van der Waals surface area contributed by atoms with Crippen molar-refractivity contribution in [2.24, 2.45) is 5.92 Å². The van der Waals surface area contributed by atoms with E-state index in [1.54, 1.807) is 19.1 Å². The van der Waals surface area contributed by atoms with Crippen LogP contribution in [-0.2, 0) is 10.0 Å². The van der Waals surface area contributed by atoms with Crippen molar-refractivity contribution in [2.75, 3.05) is 17.2 Å². The molecule has 1 amide bonds. The fourth-order valence-electron chi connectivity index (χ4n) is 4.39. The maximum absolute atomic E-state index is 12.7. The lowest BCUT2D eigenvalue weighted by Gasteiger charge is -2.29. The van der Waals surface area contributed by atoms with Crippen LogP contribution >= 0.6 is 22.9 Å². The van der Waals surface area contributed by atoms with Gasteiger partial charge in [-0.15, -0.1) is 11.3 Å². The van der Waals surface area contributed by atoms with Crippen molar-refractivity contribution in [3.8, 4) is 22.5 Å². The van der Waals surface area contributed by atoms with Gasteiger partial charge >= 0.3 is 5.76 Å². The van der Waals surface area contributed by atoms with Gasteiger partial charge in [-0.2, -0.15) is 0 Å². The van der Waals surface area contributed by atoms with Crippen molar-refractivity contribution in [2.45, 2.75) is 39.7 Å². The van der Waals surface area contributed by atoms with Crippen LogP contribution < -0.4 is 15.4 Å². The predicted molar refractivity (Wildman–Crippen MR) is 155 cm³/mol. The zero-order valence-corrected chi connectivity index (χ0v) is 24.5. The van der Waals surface area contributed by atoms with E-state index in [1.807, 2.05) is 30.3 Å². The van der Waals surface area contributed by atoms with Crippen LogP contribution in [0.1, 0.15) is 53.7 Å². The molecule has 0 radical (unpaired) electrons. The van der Waals surface area contributed by atoms with Gasteiger partial charge in [0.05, 0.1) is 11.8 Å². The number of anilines is 1. The first-order chi connectivity index (χ1) is 19.0. The molecule has 2 heterocycles. The first kappa shape index (κ1) is 28.1. The Labute approximate surface area is 240 Å². The number of hydrogen-bond donors (Lipinski definition) is 2. The van der Waals surface area contributed by atoms with E-state index < -0.39 is 21.7 Å². The Kier molecular flexibility index (Phi) is 7.85. The smallest absolute Gasteiger partial charge is 0.341 e. The number of nitrogens with one attached hydrogen (secondary N) is 2. The van der Waals surface area contributed by atoms with E-state index in [1.165, 1.54) is 18.3 Å². The molecule has 0 aliphatic heterocycles. The van der Waals surface area contributed by atoms with E-state index in [9.17, 15) is 18.0 Å². The second-order valence-electron chi connectivity index (χ2n) is 9.76. The average Bonchev–Trinajstić information content (AvgIpc) is 3.52. The summed E-state index contributed by atoms with van der Waals surface area (Å²) >= 11 is 7.68. The summed E-state index contributed by atoms with van der Waals surface area (Å²) in [5.41, 5.74) is 3.52. The summed E-state index contributed by atoms with van der Waals surface area (Å²) in [5.74, 6) is -0.683. The highest BCUT2D eigenvalue weighted by atomic mass is 35.5. The largest absolute Gasteiger partial charge is 0.439 e. The van der Waals surface area contributed by atoms with Crippen molar-refractivity contribution in [1.29, 1.82) is 0 Å². The van der Waals surface area contributed by atoms with Gasteiger partial charge in [-0.25, -0.2) is 22.9 Å². The number of benzene rings is 2. The molecule has 1 saturated carbocycles. The third-order valence-electron chi connectivity index (χ3n) is 6.87. The molecule has 0 saturated heterocycles. The van der Waals surface area contributed by atoms with E-state index in [4.69, 9.17) is 16.1 Å². The Morgan fingerprint density at radius 1 is 1.23 bits per heavy atom. The van der Waals surface area contributed by atoms with Crippen LogP contribution in [0.4, 0.5) is 5.13 Å². The summed E-state index contributed by atoms with van der Waals surface area (Å²) in [6.45, 7) is 6.11. The van der Waals surface area contributed by atoms with Gasteiger partial charge in [0.2, 0.25) is 10.0 Å². The number of thiazole rings is 1. The number of H-pyrrole nitrogens is 1.